The lowest BCUT2D eigenvalue weighted by Crippen LogP contribution is -2.46. The van der Waals surface area contributed by atoms with Crippen LogP contribution in [0.15, 0.2) is 47.3 Å². The molecule has 3 aromatic rings. The zero-order chi connectivity index (χ0) is 18.6. The van der Waals surface area contributed by atoms with Gasteiger partial charge in [-0.3, -0.25) is 9.69 Å². The van der Waals surface area contributed by atoms with Crippen LogP contribution in [-0.4, -0.2) is 49.7 Å². The van der Waals surface area contributed by atoms with Crippen LogP contribution in [0, 0.1) is 0 Å². The number of aromatic nitrogens is 1. The second kappa shape index (κ2) is 9.45. The molecular weight excluding hydrogens is 394 g/mol. The lowest BCUT2D eigenvalue weighted by molar-refractivity contribution is 0.254. The van der Waals surface area contributed by atoms with Gasteiger partial charge in [0.2, 0.25) is 0 Å². The number of methoxy groups -OCH3 is 1. The molecule has 1 saturated heterocycles. The molecule has 0 atom stereocenters. The number of hydrogen-bond acceptors (Lipinski definition) is 5. The second-order valence-electron chi connectivity index (χ2n) is 6.95. The number of aryl methyl sites for hydroxylation is 1. The zero-order valence-corrected chi connectivity index (χ0v) is 17.7. The number of anilines is 1. The lowest BCUT2D eigenvalue weighted by Gasteiger charge is -2.36. The van der Waals surface area contributed by atoms with E-state index in [1.807, 2.05) is 18.2 Å². The standard InChI is InChI=1S/C21H25N3O2S.ClH/c1-26-19-7-3-2-6-18(19)24-13-11-23(12-14-24)10-4-5-16-8-9-17-20(15-16)27-21(25)22-17;/h2-3,6-9,15H,4-5,10-14H2,1H3,(H,22,25);1H. The first kappa shape index (κ1) is 20.7. The number of rotatable bonds is 6. The van der Waals surface area contributed by atoms with Gasteiger partial charge >= 0.3 is 4.87 Å². The van der Waals surface area contributed by atoms with Crippen molar-refractivity contribution < 1.29 is 4.74 Å². The normalized spacial score (nSPS) is 14.8. The van der Waals surface area contributed by atoms with Gasteiger partial charge in [0.05, 0.1) is 23.0 Å². The van der Waals surface area contributed by atoms with Crippen LogP contribution in [0.4, 0.5) is 5.69 Å². The summed E-state index contributed by atoms with van der Waals surface area (Å²) in [5.41, 5.74) is 3.45. The molecule has 0 saturated carbocycles. The first-order valence-corrected chi connectivity index (χ1v) is 10.3. The van der Waals surface area contributed by atoms with Crippen molar-refractivity contribution >= 4 is 39.6 Å². The molecule has 150 valence electrons. The number of ether oxygens (including phenoxy) is 1. The predicted molar refractivity (Wildman–Crippen MR) is 120 cm³/mol. The number of aromatic amines is 1. The van der Waals surface area contributed by atoms with E-state index in [9.17, 15) is 4.79 Å². The van der Waals surface area contributed by atoms with E-state index in [1.54, 1.807) is 7.11 Å². The fourth-order valence-corrected chi connectivity index (χ4v) is 4.56. The van der Waals surface area contributed by atoms with Gasteiger partial charge in [0.15, 0.2) is 0 Å². The SMILES string of the molecule is COc1ccccc1N1CCN(CCCc2ccc3[nH]c(=O)sc3c2)CC1.Cl. The van der Waals surface area contributed by atoms with Gasteiger partial charge in [-0.25, -0.2) is 0 Å². The van der Waals surface area contributed by atoms with Gasteiger partial charge in [0, 0.05) is 26.2 Å². The van der Waals surface area contributed by atoms with Gasteiger partial charge in [-0.2, -0.15) is 0 Å². The molecule has 5 nitrogen and oxygen atoms in total. The van der Waals surface area contributed by atoms with E-state index in [4.69, 9.17) is 4.74 Å². The minimum Gasteiger partial charge on any atom is -0.495 e. The number of para-hydroxylation sites is 2. The monoisotopic (exact) mass is 419 g/mol. The number of benzene rings is 2. The Bertz CT molecular complexity index is 963. The van der Waals surface area contributed by atoms with Crippen LogP contribution in [0.5, 0.6) is 5.75 Å². The first-order chi connectivity index (χ1) is 13.2. The molecule has 0 aliphatic carbocycles. The summed E-state index contributed by atoms with van der Waals surface area (Å²) in [6, 6.07) is 14.6. The molecule has 7 heteroatoms. The fourth-order valence-electron chi connectivity index (χ4n) is 3.76. The topological polar surface area (TPSA) is 48.6 Å². The van der Waals surface area contributed by atoms with E-state index in [2.05, 4.69) is 39.0 Å². The summed E-state index contributed by atoms with van der Waals surface area (Å²) in [6.07, 6.45) is 2.19. The van der Waals surface area contributed by atoms with E-state index in [0.717, 1.165) is 61.5 Å². The molecular formula is C21H26ClN3O2S. The summed E-state index contributed by atoms with van der Waals surface area (Å²) in [7, 11) is 1.73. The van der Waals surface area contributed by atoms with E-state index in [0.29, 0.717) is 0 Å². The molecule has 0 spiro atoms. The number of H-pyrrole nitrogens is 1. The molecule has 1 aromatic heterocycles. The van der Waals surface area contributed by atoms with Crippen LogP contribution in [0.2, 0.25) is 0 Å². The molecule has 1 fully saturated rings. The Labute approximate surface area is 175 Å². The predicted octanol–water partition coefficient (Wildman–Crippen LogP) is 3.77. The summed E-state index contributed by atoms with van der Waals surface area (Å²) >= 11 is 1.29. The van der Waals surface area contributed by atoms with Crippen molar-refractivity contribution in [3.8, 4) is 5.75 Å². The third-order valence-corrected chi connectivity index (χ3v) is 6.07. The Hall–Kier alpha value is -2.02. The molecule has 2 heterocycles. The number of piperazine rings is 1. The van der Waals surface area contributed by atoms with Gasteiger partial charge in [0.1, 0.15) is 5.75 Å². The van der Waals surface area contributed by atoms with Gasteiger partial charge in [-0.1, -0.05) is 29.5 Å². The highest BCUT2D eigenvalue weighted by atomic mass is 35.5. The van der Waals surface area contributed by atoms with Crippen LogP contribution in [0.1, 0.15) is 12.0 Å². The maximum atomic E-state index is 11.4. The number of fused-ring (bicyclic) bond motifs is 1. The largest absolute Gasteiger partial charge is 0.495 e. The molecule has 28 heavy (non-hydrogen) atoms. The molecule has 0 amide bonds. The highest BCUT2D eigenvalue weighted by Gasteiger charge is 2.19. The second-order valence-corrected chi connectivity index (χ2v) is 7.96. The average Bonchev–Trinajstić information content (AvgIpc) is 3.08. The van der Waals surface area contributed by atoms with Crippen molar-refractivity contribution in [2.75, 3.05) is 44.7 Å². The number of thiazole rings is 1. The van der Waals surface area contributed by atoms with Crippen molar-refractivity contribution in [2.45, 2.75) is 12.8 Å². The Balaban J connectivity index is 0.00000225. The van der Waals surface area contributed by atoms with Crippen LogP contribution >= 0.6 is 23.7 Å². The van der Waals surface area contributed by atoms with E-state index in [1.165, 1.54) is 22.6 Å². The summed E-state index contributed by atoms with van der Waals surface area (Å²) in [5, 5.41) is 0. The Morgan fingerprint density at radius 1 is 1.11 bits per heavy atom. The van der Waals surface area contributed by atoms with E-state index >= 15 is 0 Å². The summed E-state index contributed by atoms with van der Waals surface area (Å²) in [4.78, 5) is 19.3. The Kier molecular flexibility index (Phi) is 6.99. The molecule has 2 aromatic carbocycles. The number of nitrogens with one attached hydrogen (secondary N) is 1. The van der Waals surface area contributed by atoms with Crippen LogP contribution < -0.4 is 14.5 Å². The van der Waals surface area contributed by atoms with Crippen molar-refractivity contribution in [3.63, 3.8) is 0 Å². The van der Waals surface area contributed by atoms with Gasteiger partial charge in [-0.15, -0.1) is 12.4 Å². The lowest BCUT2D eigenvalue weighted by atomic mass is 10.1. The average molecular weight is 420 g/mol. The van der Waals surface area contributed by atoms with Crippen LogP contribution in [-0.2, 0) is 6.42 Å². The first-order valence-electron chi connectivity index (χ1n) is 9.45. The van der Waals surface area contributed by atoms with Gasteiger partial charge in [-0.05, 0) is 49.2 Å². The maximum Gasteiger partial charge on any atom is 0.305 e. The molecule has 0 bridgehead atoms. The number of halogens is 1. The van der Waals surface area contributed by atoms with E-state index in [-0.39, 0.29) is 17.3 Å². The van der Waals surface area contributed by atoms with E-state index < -0.39 is 0 Å². The van der Waals surface area contributed by atoms with Crippen molar-refractivity contribution in [1.29, 1.82) is 0 Å². The van der Waals surface area contributed by atoms with Gasteiger partial charge in [0.25, 0.3) is 0 Å². The minimum absolute atomic E-state index is 0. The van der Waals surface area contributed by atoms with Crippen molar-refractivity contribution in [1.82, 2.24) is 9.88 Å². The fraction of sp³-hybridized carbons (Fsp3) is 0.381. The molecule has 4 rings (SSSR count). The highest BCUT2D eigenvalue weighted by Crippen LogP contribution is 2.28. The molecule has 1 aliphatic heterocycles. The summed E-state index contributed by atoms with van der Waals surface area (Å²) < 4.78 is 6.55. The minimum atomic E-state index is 0. The third kappa shape index (κ3) is 4.69. The number of nitrogens with zero attached hydrogens (tertiary/aromatic N) is 2. The Morgan fingerprint density at radius 3 is 2.68 bits per heavy atom. The van der Waals surface area contributed by atoms with Gasteiger partial charge < -0.3 is 14.6 Å². The molecule has 0 unspecified atom stereocenters. The molecule has 1 N–H and O–H groups in total. The quantitative estimate of drug-likeness (QED) is 0.660. The number of hydrogen-bond donors (Lipinski definition) is 1. The summed E-state index contributed by atoms with van der Waals surface area (Å²) in [5.74, 6) is 0.952. The van der Waals surface area contributed by atoms with Crippen LogP contribution in [0.25, 0.3) is 10.2 Å². The summed E-state index contributed by atoms with van der Waals surface area (Å²) in [6.45, 7) is 5.33. The van der Waals surface area contributed by atoms with Crippen molar-refractivity contribution in [2.24, 2.45) is 0 Å². The maximum absolute atomic E-state index is 11.4. The molecule has 1 aliphatic rings. The molecule has 0 radical (unpaired) electrons. The Morgan fingerprint density at radius 2 is 1.89 bits per heavy atom. The van der Waals surface area contributed by atoms with Crippen molar-refractivity contribution in [3.05, 3.63) is 57.7 Å². The smallest absolute Gasteiger partial charge is 0.305 e. The zero-order valence-electron chi connectivity index (χ0n) is 16.0. The van der Waals surface area contributed by atoms with Crippen LogP contribution in [0.3, 0.4) is 0 Å². The third-order valence-electron chi connectivity index (χ3n) is 5.22. The highest BCUT2D eigenvalue weighted by molar-refractivity contribution is 7.16.